The largest absolute Gasteiger partial charge is 0.352 e. The maximum Gasteiger partial charge on any atom is 0.261 e. The van der Waals surface area contributed by atoms with Gasteiger partial charge in [0.05, 0.1) is 4.90 Å². The lowest BCUT2D eigenvalue weighted by molar-refractivity contribution is 0.0943. The summed E-state index contributed by atoms with van der Waals surface area (Å²) in [6.07, 6.45) is 5.70. The van der Waals surface area contributed by atoms with Crippen molar-refractivity contribution in [3.05, 3.63) is 29.6 Å². The zero-order chi connectivity index (χ0) is 15.5. The third-order valence-electron chi connectivity index (χ3n) is 3.69. The summed E-state index contributed by atoms with van der Waals surface area (Å²) in [7, 11) is 1.12. The fourth-order valence-corrected chi connectivity index (χ4v) is 3.35. The maximum absolute atomic E-state index is 13.4. The molecule has 21 heavy (non-hydrogen) atoms. The van der Waals surface area contributed by atoms with E-state index in [9.17, 15) is 17.6 Å². The van der Waals surface area contributed by atoms with Crippen LogP contribution in [-0.4, -0.2) is 20.9 Å². The van der Waals surface area contributed by atoms with E-state index in [-0.39, 0.29) is 5.56 Å². The second kappa shape index (κ2) is 6.75. The molecule has 0 unspecified atom stereocenters. The summed E-state index contributed by atoms with van der Waals surface area (Å²) in [6, 6.07) is 2.88. The van der Waals surface area contributed by atoms with Gasteiger partial charge in [0, 0.05) is 22.8 Å². The summed E-state index contributed by atoms with van der Waals surface area (Å²) in [6.45, 7) is 0.526. The van der Waals surface area contributed by atoms with Crippen molar-refractivity contribution in [2.24, 2.45) is 5.92 Å². The normalized spacial score (nSPS) is 16.7. The van der Waals surface area contributed by atoms with Gasteiger partial charge in [-0.2, -0.15) is 0 Å². The number of hydrogen-bond acceptors (Lipinski definition) is 3. The molecule has 0 aromatic heterocycles. The van der Waals surface area contributed by atoms with E-state index < -0.39 is 25.7 Å². The minimum atomic E-state index is -4.06. The van der Waals surface area contributed by atoms with Gasteiger partial charge in [0.25, 0.3) is 15.0 Å². The third kappa shape index (κ3) is 4.68. The first-order valence-corrected chi connectivity index (χ1v) is 9.20. The van der Waals surface area contributed by atoms with Crippen LogP contribution >= 0.6 is 10.7 Å². The highest BCUT2D eigenvalue weighted by Gasteiger charge is 2.18. The van der Waals surface area contributed by atoms with Crippen LogP contribution in [0, 0.1) is 11.7 Å². The van der Waals surface area contributed by atoms with Gasteiger partial charge in [-0.15, -0.1) is 0 Å². The summed E-state index contributed by atoms with van der Waals surface area (Å²) in [4.78, 5) is 11.6. The Hall–Kier alpha value is -1.14. The Kier molecular flexibility index (Phi) is 5.22. The fraction of sp³-hybridized carbons (Fsp3) is 0.500. The molecule has 0 spiro atoms. The van der Waals surface area contributed by atoms with Crippen molar-refractivity contribution in [3.63, 3.8) is 0 Å². The second-order valence-electron chi connectivity index (χ2n) is 5.33. The van der Waals surface area contributed by atoms with Gasteiger partial charge >= 0.3 is 0 Å². The van der Waals surface area contributed by atoms with Gasteiger partial charge in [-0.05, 0) is 37.0 Å². The number of halogens is 2. The molecule has 2 rings (SSSR count). The average Bonchev–Trinajstić information content (AvgIpc) is 2.44. The van der Waals surface area contributed by atoms with Gasteiger partial charge in [-0.3, -0.25) is 4.79 Å². The number of benzene rings is 1. The van der Waals surface area contributed by atoms with Crippen LogP contribution in [0.1, 0.15) is 42.5 Å². The summed E-state index contributed by atoms with van der Waals surface area (Å²) in [5.74, 6) is -0.853. The molecule has 0 heterocycles. The lowest BCUT2D eigenvalue weighted by Gasteiger charge is -2.21. The van der Waals surface area contributed by atoms with Crippen molar-refractivity contribution in [2.45, 2.75) is 37.0 Å². The number of carbonyl (C=O) groups is 1. The van der Waals surface area contributed by atoms with Crippen LogP contribution in [0.2, 0.25) is 0 Å². The first-order chi connectivity index (χ1) is 9.86. The first-order valence-electron chi connectivity index (χ1n) is 6.90. The summed E-state index contributed by atoms with van der Waals surface area (Å²) >= 11 is 0. The lowest BCUT2D eigenvalue weighted by Crippen LogP contribution is -2.30. The summed E-state index contributed by atoms with van der Waals surface area (Å²) in [5, 5.41) is 2.73. The van der Waals surface area contributed by atoms with Gasteiger partial charge in [0.1, 0.15) is 5.82 Å². The molecule has 1 aromatic rings. The number of amides is 1. The van der Waals surface area contributed by atoms with E-state index in [1.165, 1.54) is 6.42 Å². The molecule has 1 fully saturated rings. The molecule has 4 nitrogen and oxygen atoms in total. The lowest BCUT2D eigenvalue weighted by atomic mass is 9.89. The van der Waals surface area contributed by atoms with Gasteiger partial charge in [-0.1, -0.05) is 19.3 Å². The highest BCUT2D eigenvalue weighted by Crippen LogP contribution is 2.23. The van der Waals surface area contributed by atoms with E-state index in [0.29, 0.717) is 12.5 Å². The highest BCUT2D eigenvalue weighted by atomic mass is 35.7. The van der Waals surface area contributed by atoms with E-state index in [2.05, 4.69) is 5.32 Å². The van der Waals surface area contributed by atoms with Gasteiger partial charge in [0.2, 0.25) is 0 Å². The fourth-order valence-electron chi connectivity index (χ4n) is 2.56. The third-order valence-corrected chi connectivity index (χ3v) is 5.02. The Bertz CT molecular complexity index is 627. The van der Waals surface area contributed by atoms with Crippen LogP contribution in [0.3, 0.4) is 0 Å². The van der Waals surface area contributed by atoms with E-state index in [4.69, 9.17) is 10.7 Å². The number of carbonyl (C=O) groups excluding carboxylic acids is 1. The molecule has 0 radical (unpaired) electrons. The predicted octanol–water partition coefficient (Wildman–Crippen LogP) is 3.06. The van der Waals surface area contributed by atoms with E-state index >= 15 is 0 Å². The smallest absolute Gasteiger partial charge is 0.261 e. The van der Waals surface area contributed by atoms with Gasteiger partial charge in [-0.25, -0.2) is 12.8 Å². The van der Waals surface area contributed by atoms with E-state index in [0.717, 1.165) is 43.9 Å². The molecule has 7 heteroatoms. The minimum Gasteiger partial charge on any atom is -0.352 e. The molecule has 1 saturated carbocycles. The summed E-state index contributed by atoms with van der Waals surface area (Å²) in [5.41, 5.74) is -0.0370. The zero-order valence-electron chi connectivity index (χ0n) is 11.4. The average molecular weight is 334 g/mol. The Balaban J connectivity index is 2.06. The Morgan fingerprint density at radius 1 is 1.24 bits per heavy atom. The summed E-state index contributed by atoms with van der Waals surface area (Å²) < 4.78 is 35.9. The van der Waals surface area contributed by atoms with Crippen molar-refractivity contribution in [2.75, 3.05) is 6.54 Å². The Labute approximate surface area is 128 Å². The Morgan fingerprint density at radius 2 is 1.90 bits per heavy atom. The van der Waals surface area contributed by atoms with Crippen LogP contribution in [0.4, 0.5) is 4.39 Å². The molecule has 1 N–H and O–H groups in total. The minimum absolute atomic E-state index is 0.0370. The van der Waals surface area contributed by atoms with Crippen LogP contribution in [0.25, 0.3) is 0 Å². The number of hydrogen-bond donors (Lipinski definition) is 1. The van der Waals surface area contributed by atoms with Gasteiger partial charge < -0.3 is 5.32 Å². The van der Waals surface area contributed by atoms with Crippen molar-refractivity contribution in [1.82, 2.24) is 5.32 Å². The molecule has 0 saturated heterocycles. The molecule has 1 amide bonds. The van der Waals surface area contributed by atoms with E-state index in [1.54, 1.807) is 0 Å². The van der Waals surface area contributed by atoms with Crippen molar-refractivity contribution in [3.8, 4) is 0 Å². The van der Waals surface area contributed by atoms with Crippen LogP contribution in [0.15, 0.2) is 23.1 Å². The van der Waals surface area contributed by atoms with Crippen LogP contribution in [0.5, 0.6) is 0 Å². The highest BCUT2D eigenvalue weighted by molar-refractivity contribution is 8.13. The monoisotopic (exact) mass is 333 g/mol. The first kappa shape index (κ1) is 16.2. The van der Waals surface area contributed by atoms with Gasteiger partial charge in [0.15, 0.2) is 0 Å². The molecule has 1 aliphatic rings. The van der Waals surface area contributed by atoms with Crippen LogP contribution in [-0.2, 0) is 9.05 Å². The second-order valence-corrected chi connectivity index (χ2v) is 7.89. The van der Waals surface area contributed by atoms with Crippen molar-refractivity contribution < 1.29 is 17.6 Å². The molecule has 116 valence electrons. The van der Waals surface area contributed by atoms with Crippen molar-refractivity contribution >= 4 is 25.6 Å². The predicted molar refractivity (Wildman–Crippen MR) is 78.3 cm³/mol. The quantitative estimate of drug-likeness (QED) is 0.861. The molecule has 0 bridgehead atoms. The number of nitrogens with one attached hydrogen (secondary N) is 1. The topological polar surface area (TPSA) is 63.2 Å². The molecular formula is C14H17ClFNO3S. The molecule has 0 atom stereocenters. The zero-order valence-corrected chi connectivity index (χ0v) is 13.0. The Morgan fingerprint density at radius 3 is 2.52 bits per heavy atom. The molecular weight excluding hydrogens is 317 g/mol. The van der Waals surface area contributed by atoms with Crippen molar-refractivity contribution in [1.29, 1.82) is 0 Å². The standard InChI is InChI=1S/C14H17ClFNO3S/c15-21(19,20)13-7-11(6-12(16)8-13)14(18)17-9-10-4-2-1-3-5-10/h6-8,10H,1-5,9H2,(H,17,18). The number of rotatable bonds is 4. The molecule has 1 aromatic carbocycles. The SMILES string of the molecule is O=C(NCC1CCCCC1)c1cc(F)cc(S(=O)(=O)Cl)c1. The molecule has 1 aliphatic carbocycles. The maximum atomic E-state index is 13.4. The molecule has 0 aliphatic heterocycles. The van der Waals surface area contributed by atoms with Crippen LogP contribution < -0.4 is 5.32 Å². The van der Waals surface area contributed by atoms with E-state index in [1.807, 2.05) is 0 Å².